The molecule has 0 aliphatic carbocycles. The number of nitrogens with zero attached hydrogens (tertiary/aromatic N) is 4. The summed E-state index contributed by atoms with van der Waals surface area (Å²) in [6.07, 6.45) is 1.60. The third kappa shape index (κ3) is 4.19. The lowest BCUT2D eigenvalue weighted by Gasteiger charge is -2.19. The number of rotatable bonds is 7. The lowest BCUT2D eigenvalue weighted by atomic mass is 10.4. The molecule has 0 spiro atoms. The highest BCUT2D eigenvalue weighted by Crippen LogP contribution is 2.05. The summed E-state index contributed by atoms with van der Waals surface area (Å²) in [5, 5.41) is 4.15. The van der Waals surface area contributed by atoms with E-state index in [1.807, 2.05) is 4.68 Å². The maximum Gasteiger partial charge on any atom is 0.140 e. The van der Waals surface area contributed by atoms with Crippen LogP contribution in [0.3, 0.4) is 0 Å². The first kappa shape index (κ1) is 13.6. The van der Waals surface area contributed by atoms with Gasteiger partial charge in [0.15, 0.2) is 0 Å². The summed E-state index contributed by atoms with van der Waals surface area (Å²) in [4.78, 5) is 6.79. The predicted octanol–water partition coefficient (Wildman–Crippen LogP) is 1.14. The molecule has 16 heavy (non-hydrogen) atoms. The molecule has 0 radical (unpaired) electrons. The van der Waals surface area contributed by atoms with Gasteiger partial charge in [0.2, 0.25) is 0 Å². The van der Waals surface area contributed by atoms with Crippen LogP contribution in [-0.4, -0.2) is 51.8 Å². The topological polar surface area (TPSA) is 43.2 Å². The number of alkyl halides is 1. The molecule has 92 valence electrons. The van der Waals surface area contributed by atoms with Crippen LogP contribution in [0.5, 0.6) is 0 Å². The minimum absolute atomic E-state index is 0.348. The van der Waals surface area contributed by atoms with E-state index in [2.05, 4.69) is 44.9 Å². The highest BCUT2D eigenvalue weighted by Gasteiger charge is 2.11. The first-order valence-electron chi connectivity index (χ1n) is 5.35. The molecule has 1 atom stereocenters. The van der Waals surface area contributed by atoms with Gasteiger partial charge in [-0.05, 0) is 14.0 Å². The average molecular weight is 291 g/mol. The molecule has 0 N–H and O–H groups in total. The minimum Gasteiger partial charge on any atom is -0.383 e. The Morgan fingerprint density at radius 2 is 2.38 bits per heavy atom. The smallest absolute Gasteiger partial charge is 0.140 e. The summed E-state index contributed by atoms with van der Waals surface area (Å²) in [6, 6.07) is 0. The molecule has 0 bridgehead atoms. The van der Waals surface area contributed by atoms with Gasteiger partial charge in [-0.25, -0.2) is 9.67 Å². The lowest BCUT2D eigenvalue weighted by molar-refractivity contribution is 0.183. The molecule has 0 aliphatic heterocycles. The average Bonchev–Trinajstić information content (AvgIpc) is 2.65. The van der Waals surface area contributed by atoms with Crippen molar-refractivity contribution in [2.24, 2.45) is 0 Å². The van der Waals surface area contributed by atoms with Gasteiger partial charge in [-0.2, -0.15) is 5.10 Å². The second kappa shape index (κ2) is 6.98. The van der Waals surface area contributed by atoms with E-state index in [1.54, 1.807) is 13.4 Å². The van der Waals surface area contributed by atoms with Crippen LogP contribution in [0.2, 0.25) is 0 Å². The van der Waals surface area contributed by atoms with Gasteiger partial charge < -0.3 is 4.74 Å². The highest BCUT2D eigenvalue weighted by molar-refractivity contribution is 9.09. The standard InChI is InChI=1S/C10H19BrN4O/c1-4-15-10(12-8-13-15)6-14(2)5-9(11)7-16-3/h8-9H,4-7H2,1-3H3. The Morgan fingerprint density at radius 3 is 3.00 bits per heavy atom. The molecular formula is C10H19BrN4O. The number of aromatic nitrogens is 3. The van der Waals surface area contributed by atoms with Crippen molar-refractivity contribution in [3.63, 3.8) is 0 Å². The van der Waals surface area contributed by atoms with Crippen LogP contribution in [0.15, 0.2) is 6.33 Å². The summed E-state index contributed by atoms with van der Waals surface area (Å²) < 4.78 is 6.99. The van der Waals surface area contributed by atoms with E-state index in [0.29, 0.717) is 11.4 Å². The second-order valence-corrected chi connectivity index (χ2v) is 5.04. The van der Waals surface area contributed by atoms with Crippen molar-refractivity contribution >= 4 is 15.9 Å². The third-order valence-corrected chi connectivity index (χ3v) is 2.82. The van der Waals surface area contributed by atoms with E-state index in [0.717, 1.165) is 25.5 Å². The van der Waals surface area contributed by atoms with Crippen LogP contribution >= 0.6 is 15.9 Å². The van der Waals surface area contributed by atoms with Gasteiger partial charge in [0.25, 0.3) is 0 Å². The highest BCUT2D eigenvalue weighted by atomic mass is 79.9. The van der Waals surface area contributed by atoms with Crippen LogP contribution in [0, 0.1) is 0 Å². The summed E-state index contributed by atoms with van der Waals surface area (Å²) in [5.41, 5.74) is 0. The fourth-order valence-corrected chi connectivity index (χ4v) is 2.31. The van der Waals surface area contributed by atoms with Gasteiger partial charge in [-0.15, -0.1) is 0 Å². The number of methoxy groups -OCH3 is 1. The maximum absolute atomic E-state index is 5.08. The predicted molar refractivity (Wildman–Crippen MR) is 66.6 cm³/mol. The molecule has 1 heterocycles. The van der Waals surface area contributed by atoms with Crippen molar-refractivity contribution in [2.45, 2.75) is 24.8 Å². The SMILES string of the molecule is CCn1ncnc1CN(C)CC(Br)COC. The van der Waals surface area contributed by atoms with E-state index in [4.69, 9.17) is 4.74 Å². The Kier molecular flexibility index (Phi) is 5.94. The van der Waals surface area contributed by atoms with Crippen LogP contribution in [0.25, 0.3) is 0 Å². The van der Waals surface area contributed by atoms with E-state index in [-0.39, 0.29) is 0 Å². The first-order valence-corrected chi connectivity index (χ1v) is 6.27. The van der Waals surface area contributed by atoms with Crippen LogP contribution in [0.4, 0.5) is 0 Å². The quantitative estimate of drug-likeness (QED) is 0.707. The van der Waals surface area contributed by atoms with Crippen molar-refractivity contribution in [3.8, 4) is 0 Å². The van der Waals surface area contributed by atoms with E-state index in [9.17, 15) is 0 Å². The Morgan fingerprint density at radius 1 is 1.62 bits per heavy atom. The number of hydrogen-bond donors (Lipinski definition) is 0. The van der Waals surface area contributed by atoms with Crippen LogP contribution in [0.1, 0.15) is 12.7 Å². The molecule has 0 fully saturated rings. The second-order valence-electron chi connectivity index (χ2n) is 3.74. The Labute approximate surface area is 105 Å². The van der Waals surface area contributed by atoms with Crippen molar-refractivity contribution < 1.29 is 4.74 Å². The number of ether oxygens (including phenoxy) is 1. The Hall–Kier alpha value is -0.460. The summed E-state index contributed by atoms with van der Waals surface area (Å²) in [7, 11) is 3.78. The molecular weight excluding hydrogens is 272 g/mol. The van der Waals surface area contributed by atoms with Crippen molar-refractivity contribution in [3.05, 3.63) is 12.2 Å². The fourth-order valence-electron chi connectivity index (χ4n) is 1.55. The molecule has 6 heteroatoms. The summed E-state index contributed by atoms with van der Waals surface area (Å²) in [5.74, 6) is 1.00. The molecule has 0 aromatic carbocycles. The van der Waals surface area contributed by atoms with Gasteiger partial charge in [0.1, 0.15) is 12.2 Å². The van der Waals surface area contributed by atoms with E-state index in [1.165, 1.54) is 0 Å². The van der Waals surface area contributed by atoms with Crippen LogP contribution in [-0.2, 0) is 17.8 Å². The zero-order chi connectivity index (χ0) is 12.0. The Bertz CT molecular complexity index is 305. The molecule has 0 saturated carbocycles. The molecule has 1 unspecified atom stereocenters. The normalized spacial score (nSPS) is 13.3. The number of hydrogen-bond acceptors (Lipinski definition) is 4. The van der Waals surface area contributed by atoms with E-state index >= 15 is 0 Å². The van der Waals surface area contributed by atoms with E-state index < -0.39 is 0 Å². The number of halogens is 1. The molecule has 0 amide bonds. The largest absolute Gasteiger partial charge is 0.383 e. The minimum atomic E-state index is 0.348. The molecule has 0 aliphatic rings. The molecule has 5 nitrogen and oxygen atoms in total. The third-order valence-electron chi connectivity index (χ3n) is 2.26. The Balaban J connectivity index is 2.42. The first-order chi connectivity index (χ1) is 7.67. The molecule has 1 rings (SSSR count). The van der Waals surface area contributed by atoms with Gasteiger partial charge in [-0.1, -0.05) is 15.9 Å². The summed E-state index contributed by atoms with van der Waals surface area (Å²) in [6.45, 7) is 5.37. The van der Waals surface area contributed by atoms with Crippen molar-refractivity contribution in [1.82, 2.24) is 19.7 Å². The van der Waals surface area contributed by atoms with Gasteiger partial charge in [0.05, 0.1) is 18.0 Å². The molecule has 0 saturated heterocycles. The van der Waals surface area contributed by atoms with Gasteiger partial charge >= 0.3 is 0 Å². The molecule has 1 aromatic heterocycles. The van der Waals surface area contributed by atoms with Crippen molar-refractivity contribution in [2.75, 3.05) is 27.3 Å². The van der Waals surface area contributed by atoms with Crippen molar-refractivity contribution in [1.29, 1.82) is 0 Å². The fraction of sp³-hybridized carbons (Fsp3) is 0.800. The van der Waals surface area contributed by atoms with Gasteiger partial charge in [0, 0.05) is 20.2 Å². The van der Waals surface area contributed by atoms with Crippen LogP contribution < -0.4 is 0 Å². The monoisotopic (exact) mass is 290 g/mol. The maximum atomic E-state index is 5.08. The number of aryl methyl sites for hydroxylation is 1. The van der Waals surface area contributed by atoms with Gasteiger partial charge in [-0.3, -0.25) is 4.90 Å². The zero-order valence-electron chi connectivity index (χ0n) is 10.1. The summed E-state index contributed by atoms with van der Waals surface area (Å²) >= 11 is 3.57. The lowest BCUT2D eigenvalue weighted by Crippen LogP contribution is -2.29. The molecule has 1 aromatic rings. The zero-order valence-corrected chi connectivity index (χ0v) is 11.6.